The van der Waals surface area contributed by atoms with Crippen LogP contribution in [0.3, 0.4) is 0 Å². The van der Waals surface area contributed by atoms with Gasteiger partial charge in [-0.15, -0.1) is 11.3 Å². The van der Waals surface area contributed by atoms with Gasteiger partial charge in [-0.25, -0.2) is 0 Å². The summed E-state index contributed by atoms with van der Waals surface area (Å²) in [4.78, 5) is 27.2. The molecule has 1 N–H and O–H groups in total. The van der Waals surface area contributed by atoms with Gasteiger partial charge in [-0.2, -0.15) is 11.8 Å². The molecular formula is C19H22N2O2S2. The summed E-state index contributed by atoms with van der Waals surface area (Å²) in [7, 11) is 0. The molecule has 0 radical (unpaired) electrons. The van der Waals surface area contributed by atoms with Crippen molar-refractivity contribution < 1.29 is 9.59 Å². The Labute approximate surface area is 156 Å². The van der Waals surface area contributed by atoms with Gasteiger partial charge in [0.05, 0.1) is 5.56 Å². The molecule has 0 aliphatic carbocycles. The summed E-state index contributed by atoms with van der Waals surface area (Å²) in [5, 5.41) is 5.39. The standard InChI is InChI=1S/C19H22N2O2S2/c1-2-14-4-6-15(7-5-14)17(22)20-18-16(8-12-25-18)19(23)21-9-3-11-24-13-10-21/h4-8,12H,2-3,9-11,13H2,1H3,(H,20,22). The average Bonchev–Trinajstić information content (AvgIpc) is 2.92. The van der Waals surface area contributed by atoms with Gasteiger partial charge in [-0.3, -0.25) is 9.59 Å². The van der Waals surface area contributed by atoms with Crippen molar-refractivity contribution in [3.05, 3.63) is 52.4 Å². The number of thiophene rings is 1. The number of amides is 2. The third-order valence-electron chi connectivity index (χ3n) is 4.26. The SMILES string of the molecule is CCc1ccc(C(=O)Nc2sccc2C(=O)N2CCCSCC2)cc1. The van der Waals surface area contributed by atoms with Crippen LogP contribution in [0.4, 0.5) is 5.00 Å². The molecule has 0 saturated carbocycles. The second-order valence-corrected chi connectivity index (χ2v) is 8.07. The Hall–Kier alpha value is -1.79. The molecule has 1 fully saturated rings. The lowest BCUT2D eigenvalue weighted by Gasteiger charge is -2.20. The summed E-state index contributed by atoms with van der Waals surface area (Å²) in [6.45, 7) is 3.64. The van der Waals surface area contributed by atoms with Crippen molar-refractivity contribution >= 4 is 39.9 Å². The lowest BCUT2D eigenvalue weighted by atomic mass is 10.1. The minimum absolute atomic E-state index is 0.0142. The fourth-order valence-corrected chi connectivity index (χ4v) is 4.42. The Balaban J connectivity index is 1.72. The zero-order valence-electron chi connectivity index (χ0n) is 14.3. The summed E-state index contributed by atoms with van der Waals surface area (Å²) >= 11 is 3.28. The number of carbonyl (C=O) groups excluding carboxylic acids is 2. The lowest BCUT2D eigenvalue weighted by molar-refractivity contribution is 0.0770. The predicted molar refractivity (Wildman–Crippen MR) is 106 cm³/mol. The Morgan fingerprint density at radius 3 is 2.68 bits per heavy atom. The molecule has 0 unspecified atom stereocenters. The summed E-state index contributed by atoms with van der Waals surface area (Å²) in [6.07, 6.45) is 1.96. The number of benzene rings is 1. The number of thioether (sulfide) groups is 1. The molecule has 1 saturated heterocycles. The molecule has 25 heavy (non-hydrogen) atoms. The number of nitrogens with one attached hydrogen (secondary N) is 1. The molecule has 0 spiro atoms. The number of anilines is 1. The molecule has 4 nitrogen and oxygen atoms in total. The van der Waals surface area contributed by atoms with Crippen LogP contribution in [0.15, 0.2) is 35.7 Å². The Bertz CT molecular complexity index is 732. The molecule has 1 aromatic heterocycles. The van der Waals surface area contributed by atoms with E-state index in [0.29, 0.717) is 16.1 Å². The van der Waals surface area contributed by atoms with Crippen LogP contribution in [0.1, 0.15) is 39.6 Å². The molecule has 1 aromatic carbocycles. The maximum Gasteiger partial charge on any atom is 0.256 e. The van der Waals surface area contributed by atoms with E-state index in [4.69, 9.17) is 0 Å². The minimum atomic E-state index is -0.175. The van der Waals surface area contributed by atoms with Gasteiger partial charge in [0.2, 0.25) is 0 Å². The first-order chi connectivity index (χ1) is 12.2. The van der Waals surface area contributed by atoms with Gasteiger partial charge in [-0.1, -0.05) is 19.1 Å². The second-order valence-electron chi connectivity index (χ2n) is 5.93. The maximum absolute atomic E-state index is 12.8. The first-order valence-electron chi connectivity index (χ1n) is 8.54. The fraction of sp³-hybridized carbons (Fsp3) is 0.368. The average molecular weight is 375 g/mol. The number of hydrogen-bond acceptors (Lipinski definition) is 4. The van der Waals surface area contributed by atoms with E-state index < -0.39 is 0 Å². The monoisotopic (exact) mass is 374 g/mol. The zero-order chi connectivity index (χ0) is 17.6. The molecule has 0 atom stereocenters. The minimum Gasteiger partial charge on any atom is -0.338 e. The molecule has 2 aromatic rings. The van der Waals surface area contributed by atoms with Gasteiger partial charge in [0.15, 0.2) is 0 Å². The van der Waals surface area contributed by atoms with Gasteiger partial charge in [0.1, 0.15) is 5.00 Å². The van der Waals surface area contributed by atoms with E-state index in [2.05, 4.69) is 12.2 Å². The first kappa shape index (κ1) is 18.0. The largest absolute Gasteiger partial charge is 0.338 e. The summed E-state index contributed by atoms with van der Waals surface area (Å²) < 4.78 is 0. The van der Waals surface area contributed by atoms with Gasteiger partial charge < -0.3 is 10.2 Å². The van der Waals surface area contributed by atoms with Crippen LogP contribution in [0.2, 0.25) is 0 Å². The highest BCUT2D eigenvalue weighted by Crippen LogP contribution is 2.26. The lowest BCUT2D eigenvalue weighted by Crippen LogP contribution is -2.33. The maximum atomic E-state index is 12.8. The quantitative estimate of drug-likeness (QED) is 0.875. The van der Waals surface area contributed by atoms with Crippen LogP contribution in [0, 0.1) is 0 Å². The van der Waals surface area contributed by atoms with Crippen LogP contribution in [-0.4, -0.2) is 41.3 Å². The summed E-state index contributed by atoms with van der Waals surface area (Å²) in [5.41, 5.74) is 2.40. The van der Waals surface area contributed by atoms with E-state index in [1.807, 2.05) is 46.3 Å². The van der Waals surface area contributed by atoms with Crippen molar-refractivity contribution in [2.45, 2.75) is 19.8 Å². The zero-order valence-corrected chi connectivity index (χ0v) is 15.9. The van der Waals surface area contributed by atoms with Crippen molar-refractivity contribution in [3.8, 4) is 0 Å². The Morgan fingerprint density at radius 1 is 1.12 bits per heavy atom. The number of nitrogens with zero attached hydrogens (tertiary/aromatic N) is 1. The second kappa shape index (κ2) is 8.54. The van der Waals surface area contributed by atoms with E-state index in [-0.39, 0.29) is 11.8 Å². The van der Waals surface area contributed by atoms with Crippen molar-refractivity contribution in [1.29, 1.82) is 0 Å². The number of aryl methyl sites for hydroxylation is 1. The van der Waals surface area contributed by atoms with Crippen molar-refractivity contribution in [1.82, 2.24) is 4.90 Å². The Kier molecular flexibility index (Phi) is 6.15. The number of carbonyl (C=O) groups is 2. The fourth-order valence-electron chi connectivity index (χ4n) is 2.76. The van der Waals surface area contributed by atoms with E-state index in [0.717, 1.165) is 37.4 Å². The summed E-state index contributed by atoms with van der Waals surface area (Å²) in [6, 6.07) is 9.39. The van der Waals surface area contributed by atoms with Gasteiger partial charge in [0, 0.05) is 24.4 Å². The Morgan fingerprint density at radius 2 is 1.92 bits per heavy atom. The number of rotatable bonds is 4. The van der Waals surface area contributed by atoms with Gasteiger partial charge >= 0.3 is 0 Å². The first-order valence-corrected chi connectivity index (χ1v) is 10.6. The predicted octanol–water partition coefficient (Wildman–Crippen LogP) is 4.14. The van der Waals surface area contributed by atoms with Crippen molar-refractivity contribution in [3.63, 3.8) is 0 Å². The molecule has 1 aliphatic rings. The highest BCUT2D eigenvalue weighted by atomic mass is 32.2. The van der Waals surface area contributed by atoms with Gasteiger partial charge in [-0.05, 0) is 47.7 Å². The topological polar surface area (TPSA) is 49.4 Å². The van der Waals surface area contributed by atoms with Gasteiger partial charge in [0.25, 0.3) is 11.8 Å². The molecule has 0 bridgehead atoms. The molecule has 1 aliphatic heterocycles. The van der Waals surface area contributed by atoms with E-state index >= 15 is 0 Å². The smallest absolute Gasteiger partial charge is 0.256 e. The van der Waals surface area contributed by atoms with Crippen LogP contribution < -0.4 is 5.32 Å². The van der Waals surface area contributed by atoms with Crippen LogP contribution in [-0.2, 0) is 6.42 Å². The third-order valence-corrected chi connectivity index (χ3v) is 6.13. The van der Waals surface area contributed by atoms with Crippen molar-refractivity contribution in [2.75, 3.05) is 29.9 Å². The molecule has 2 heterocycles. The highest BCUT2D eigenvalue weighted by molar-refractivity contribution is 7.99. The van der Waals surface area contributed by atoms with Crippen LogP contribution >= 0.6 is 23.1 Å². The summed E-state index contributed by atoms with van der Waals surface area (Å²) in [5.74, 6) is 1.91. The molecular weight excluding hydrogens is 352 g/mol. The third kappa shape index (κ3) is 4.44. The highest BCUT2D eigenvalue weighted by Gasteiger charge is 2.22. The molecule has 3 rings (SSSR count). The molecule has 6 heteroatoms. The molecule has 132 valence electrons. The number of hydrogen-bond donors (Lipinski definition) is 1. The molecule has 2 amide bonds. The van der Waals surface area contributed by atoms with E-state index in [9.17, 15) is 9.59 Å². The van der Waals surface area contributed by atoms with Crippen LogP contribution in [0.5, 0.6) is 0 Å². The normalized spacial score (nSPS) is 14.8. The van der Waals surface area contributed by atoms with Crippen LogP contribution in [0.25, 0.3) is 0 Å². The van der Waals surface area contributed by atoms with Crippen molar-refractivity contribution in [2.24, 2.45) is 0 Å². The van der Waals surface area contributed by atoms with E-state index in [1.54, 1.807) is 6.07 Å². The van der Waals surface area contributed by atoms with E-state index in [1.165, 1.54) is 16.9 Å².